The second-order valence-electron chi connectivity index (χ2n) is 8.65. The maximum atomic E-state index is 13.5. The molecule has 2 aromatic carbocycles. The molecule has 8 nitrogen and oxygen atoms in total. The Morgan fingerprint density at radius 3 is 2.66 bits per heavy atom. The summed E-state index contributed by atoms with van der Waals surface area (Å²) in [7, 11) is 1.26. The Balaban J connectivity index is 1.61. The molecule has 4 rings (SSSR count). The molecule has 0 atom stereocenters. The van der Waals surface area contributed by atoms with E-state index in [0.29, 0.717) is 47.9 Å². The molecule has 2 aliphatic rings. The van der Waals surface area contributed by atoms with E-state index in [1.807, 2.05) is 0 Å². The van der Waals surface area contributed by atoms with Crippen LogP contribution >= 0.6 is 11.6 Å². The Bertz CT molecular complexity index is 1260. The highest BCUT2D eigenvalue weighted by Gasteiger charge is 2.32. The number of esters is 1. The van der Waals surface area contributed by atoms with Crippen LogP contribution in [0.3, 0.4) is 0 Å². The standard InChI is InChI=1S/C26H27ClF3N5O3/c1-37-25(36)21(7-4-10-35-11-13-38-14-12-35)33-34-23-16-31-24(18-5-2-3-6-20(18)27)19-9-8-17(26(28,29)30)15-22(19)32-23/h2-3,5-6,8-9,15H,4,7,10-14,16H2,1H3,(H,32,34). The lowest BCUT2D eigenvalue weighted by atomic mass is 9.99. The zero-order valence-electron chi connectivity index (χ0n) is 20.7. The van der Waals surface area contributed by atoms with Gasteiger partial charge in [-0.1, -0.05) is 35.9 Å². The van der Waals surface area contributed by atoms with Gasteiger partial charge < -0.3 is 9.47 Å². The number of fused-ring (bicyclic) bond motifs is 1. The predicted octanol–water partition coefficient (Wildman–Crippen LogP) is 4.47. The van der Waals surface area contributed by atoms with Crippen molar-refractivity contribution >= 4 is 40.5 Å². The summed E-state index contributed by atoms with van der Waals surface area (Å²) in [5, 5.41) is 4.61. The van der Waals surface area contributed by atoms with Crippen molar-refractivity contribution in [1.29, 1.82) is 0 Å². The number of benzene rings is 2. The topological polar surface area (TPSA) is 87.9 Å². The number of alkyl halides is 3. The van der Waals surface area contributed by atoms with Crippen molar-refractivity contribution in [3.63, 3.8) is 0 Å². The third-order valence-corrected chi connectivity index (χ3v) is 6.41. The van der Waals surface area contributed by atoms with Crippen molar-refractivity contribution in [2.75, 3.05) is 46.5 Å². The van der Waals surface area contributed by atoms with Gasteiger partial charge >= 0.3 is 12.1 Å². The second kappa shape index (κ2) is 12.5. The molecule has 38 heavy (non-hydrogen) atoms. The molecule has 0 amide bonds. The lowest BCUT2D eigenvalue weighted by molar-refractivity contribution is -0.137. The molecule has 2 heterocycles. The van der Waals surface area contributed by atoms with Gasteiger partial charge in [-0.25, -0.2) is 9.79 Å². The summed E-state index contributed by atoms with van der Waals surface area (Å²) in [6, 6.07) is 10.2. The predicted molar refractivity (Wildman–Crippen MR) is 140 cm³/mol. The van der Waals surface area contributed by atoms with Crippen molar-refractivity contribution in [2.24, 2.45) is 15.1 Å². The van der Waals surface area contributed by atoms with E-state index in [1.165, 1.54) is 13.2 Å². The van der Waals surface area contributed by atoms with Crippen LogP contribution in [0.2, 0.25) is 5.02 Å². The quantitative estimate of drug-likeness (QED) is 0.313. The summed E-state index contributed by atoms with van der Waals surface area (Å²) in [6.07, 6.45) is -3.55. The molecule has 0 bridgehead atoms. The Morgan fingerprint density at radius 2 is 1.95 bits per heavy atom. The molecule has 2 aromatic rings. The highest BCUT2D eigenvalue weighted by atomic mass is 35.5. The SMILES string of the molecule is COC(=O)C(CCCN1CCOCC1)=NNC1=Nc2cc(C(F)(F)F)ccc2C(c2ccccc2Cl)=NC1. The molecule has 0 radical (unpaired) electrons. The Kier molecular flexibility index (Phi) is 9.13. The van der Waals surface area contributed by atoms with Gasteiger partial charge in [0.15, 0.2) is 0 Å². The average molecular weight is 550 g/mol. The average Bonchev–Trinajstić information content (AvgIpc) is 3.09. The molecule has 2 aliphatic heterocycles. The van der Waals surface area contributed by atoms with E-state index in [-0.39, 0.29) is 23.8 Å². The molecule has 0 aromatic heterocycles. The number of methoxy groups -OCH3 is 1. The molecule has 12 heteroatoms. The molecular formula is C26H27ClF3N5O3. The first-order valence-electron chi connectivity index (χ1n) is 12.1. The fourth-order valence-corrected chi connectivity index (χ4v) is 4.34. The minimum atomic E-state index is -4.55. The van der Waals surface area contributed by atoms with Gasteiger partial charge in [-0.05, 0) is 31.2 Å². The third-order valence-electron chi connectivity index (χ3n) is 6.08. The first-order chi connectivity index (χ1) is 18.3. The van der Waals surface area contributed by atoms with Crippen LogP contribution in [0, 0.1) is 0 Å². The van der Waals surface area contributed by atoms with E-state index >= 15 is 0 Å². The van der Waals surface area contributed by atoms with E-state index < -0.39 is 17.7 Å². The van der Waals surface area contributed by atoms with Crippen LogP contribution in [0.5, 0.6) is 0 Å². The number of aliphatic imine (C=N–C) groups is 2. The number of morpholine rings is 1. The van der Waals surface area contributed by atoms with E-state index in [1.54, 1.807) is 24.3 Å². The lowest BCUT2D eigenvalue weighted by Crippen LogP contribution is -2.37. The van der Waals surface area contributed by atoms with Crippen LogP contribution in [0.4, 0.5) is 18.9 Å². The van der Waals surface area contributed by atoms with Crippen LogP contribution in [0.1, 0.15) is 29.5 Å². The number of carbonyl (C=O) groups excluding carboxylic acids is 1. The Labute approximate surface area is 223 Å². The molecule has 1 saturated heterocycles. The first-order valence-corrected chi connectivity index (χ1v) is 12.4. The van der Waals surface area contributed by atoms with Crippen molar-refractivity contribution in [2.45, 2.75) is 19.0 Å². The van der Waals surface area contributed by atoms with Gasteiger partial charge in [0.1, 0.15) is 11.5 Å². The van der Waals surface area contributed by atoms with Crippen LogP contribution in [0.15, 0.2) is 57.6 Å². The Morgan fingerprint density at radius 1 is 1.18 bits per heavy atom. The van der Waals surface area contributed by atoms with Gasteiger partial charge in [-0.15, -0.1) is 0 Å². The summed E-state index contributed by atoms with van der Waals surface area (Å²) in [5.41, 5.74) is 3.45. The van der Waals surface area contributed by atoms with E-state index in [0.717, 1.165) is 31.8 Å². The first kappa shape index (κ1) is 27.7. The minimum absolute atomic E-state index is 0.0255. The molecule has 0 saturated carbocycles. The maximum absolute atomic E-state index is 13.5. The largest absolute Gasteiger partial charge is 0.464 e. The fraction of sp³-hybridized carbons (Fsp3) is 0.385. The zero-order valence-corrected chi connectivity index (χ0v) is 21.5. The fourth-order valence-electron chi connectivity index (χ4n) is 4.11. The van der Waals surface area contributed by atoms with Gasteiger partial charge in [0, 0.05) is 35.7 Å². The van der Waals surface area contributed by atoms with Gasteiger partial charge in [0.25, 0.3) is 0 Å². The van der Waals surface area contributed by atoms with Crippen molar-refractivity contribution in [3.05, 3.63) is 64.2 Å². The normalized spacial score (nSPS) is 16.7. The number of halogens is 4. The summed E-state index contributed by atoms with van der Waals surface area (Å²) >= 11 is 6.38. The van der Waals surface area contributed by atoms with Crippen LogP contribution in [-0.4, -0.2) is 74.6 Å². The number of hydrogen-bond acceptors (Lipinski definition) is 8. The van der Waals surface area contributed by atoms with Crippen molar-refractivity contribution in [1.82, 2.24) is 10.3 Å². The molecule has 0 aliphatic carbocycles. The molecule has 0 spiro atoms. The van der Waals surface area contributed by atoms with Gasteiger partial charge in [0.2, 0.25) is 0 Å². The second-order valence-corrected chi connectivity index (χ2v) is 9.06. The van der Waals surface area contributed by atoms with Crippen molar-refractivity contribution in [3.8, 4) is 0 Å². The highest BCUT2D eigenvalue weighted by molar-refractivity contribution is 6.37. The van der Waals surface area contributed by atoms with Crippen LogP contribution < -0.4 is 5.43 Å². The monoisotopic (exact) mass is 549 g/mol. The summed E-state index contributed by atoms with van der Waals surface area (Å²) in [4.78, 5) is 23.6. The van der Waals surface area contributed by atoms with Crippen LogP contribution in [-0.2, 0) is 20.4 Å². The number of hydrazone groups is 1. The zero-order chi connectivity index (χ0) is 27.1. The van der Waals surface area contributed by atoms with E-state index in [4.69, 9.17) is 21.1 Å². The van der Waals surface area contributed by atoms with Gasteiger partial charge in [0.05, 0.1) is 43.8 Å². The number of ether oxygens (including phenoxy) is 2. The maximum Gasteiger partial charge on any atom is 0.416 e. The summed E-state index contributed by atoms with van der Waals surface area (Å²) < 4.78 is 50.6. The smallest absolute Gasteiger partial charge is 0.416 e. The molecular weight excluding hydrogens is 523 g/mol. The number of carbonyl (C=O) groups is 1. The summed E-state index contributed by atoms with van der Waals surface area (Å²) in [5.74, 6) is -0.434. The highest BCUT2D eigenvalue weighted by Crippen LogP contribution is 2.35. The van der Waals surface area contributed by atoms with E-state index in [2.05, 4.69) is 25.4 Å². The third kappa shape index (κ3) is 6.97. The van der Waals surface area contributed by atoms with Crippen molar-refractivity contribution < 1.29 is 27.4 Å². The lowest BCUT2D eigenvalue weighted by Gasteiger charge is -2.26. The molecule has 1 fully saturated rings. The number of rotatable bonds is 7. The van der Waals surface area contributed by atoms with Gasteiger partial charge in [-0.3, -0.25) is 15.3 Å². The summed E-state index contributed by atoms with van der Waals surface area (Å²) in [6.45, 7) is 3.73. The molecule has 0 unspecified atom stereocenters. The van der Waals surface area contributed by atoms with E-state index in [9.17, 15) is 18.0 Å². The number of amidine groups is 1. The Hall–Kier alpha value is -3.28. The minimum Gasteiger partial charge on any atom is -0.464 e. The molecule has 1 N–H and O–H groups in total. The number of hydrogen-bond donors (Lipinski definition) is 1. The van der Waals surface area contributed by atoms with Gasteiger partial charge in [-0.2, -0.15) is 18.3 Å². The molecule has 202 valence electrons. The number of nitrogens with one attached hydrogen (secondary N) is 1. The van der Waals surface area contributed by atoms with Crippen LogP contribution in [0.25, 0.3) is 0 Å². The number of nitrogens with zero attached hydrogens (tertiary/aromatic N) is 4.